The van der Waals surface area contributed by atoms with Crippen LogP contribution in [0.15, 0.2) is 36.5 Å². The standard InChI is InChI=1S/C27H29ClF2N6O2/c1-16-23-32-33-24(18-9-27(10-18)14-34(15-27)22-7-5-20(30)11-31-22)36(23)21-6-4-19(28)8-17(21)12-35(16)25(37)38-26(2,3)13-29/h4-8,11,16,18H,9-10,12-15H2,1-3H3. The topological polar surface area (TPSA) is 76.4 Å². The van der Waals surface area contributed by atoms with Crippen molar-refractivity contribution in [3.05, 3.63) is 64.6 Å². The van der Waals surface area contributed by atoms with Crippen LogP contribution in [0.5, 0.6) is 0 Å². The number of aromatic nitrogens is 4. The van der Waals surface area contributed by atoms with Crippen LogP contribution in [0.2, 0.25) is 5.02 Å². The van der Waals surface area contributed by atoms with Crippen LogP contribution >= 0.6 is 11.6 Å². The summed E-state index contributed by atoms with van der Waals surface area (Å²) in [6.45, 7) is 6.16. The van der Waals surface area contributed by atoms with Gasteiger partial charge in [0.05, 0.1) is 24.5 Å². The molecule has 3 aliphatic rings. The van der Waals surface area contributed by atoms with Crippen LogP contribution < -0.4 is 4.90 Å². The van der Waals surface area contributed by atoms with Crippen molar-refractivity contribution in [2.45, 2.75) is 57.7 Å². The van der Waals surface area contributed by atoms with Crippen LogP contribution in [0.4, 0.5) is 19.4 Å². The first kappa shape index (κ1) is 25.0. The van der Waals surface area contributed by atoms with Gasteiger partial charge in [0.15, 0.2) is 5.82 Å². The van der Waals surface area contributed by atoms with E-state index in [4.69, 9.17) is 16.3 Å². The molecular formula is C27H29ClF2N6O2. The highest BCUT2D eigenvalue weighted by Gasteiger charge is 2.54. The van der Waals surface area contributed by atoms with E-state index in [-0.39, 0.29) is 23.7 Å². The Balaban J connectivity index is 1.26. The predicted octanol–water partition coefficient (Wildman–Crippen LogP) is 5.60. The fourth-order valence-corrected chi connectivity index (χ4v) is 6.10. The molecule has 1 aromatic carbocycles. The minimum absolute atomic E-state index is 0.181. The zero-order valence-electron chi connectivity index (χ0n) is 21.5. The van der Waals surface area contributed by atoms with E-state index in [1.54, 1.807) is 24.8 Å². The van der Waals surface area contributed by atoms with E-state index < -0.39 is 24.4 Å². The number of carbonyl (C=O) groups excluding carboxylic acids is 1. The second-order valence-corrected chi connectivity index (χ2v) is 11.8. The molecule has 3 aromatic rings. The molecule has 2 fully saturated rings. The predicted molar refractivity (Wildman–Crippen MR) is 138 cm³/mol. The maximum atomic E-state index is 13.4. The summed E-state index contributed by atoms with van der Waals surface area (Å²) < 4.78 is 34.2. The first-order chi connectivity index (χ1) is 18.1. The van der Waals surface area contributed by atoms with Gasteiger partial charge >= 0.3 is 6.09 Å². The molecule has 1 aliphatic carbocycles. The fourth-order valence-electron chi connectivity index (χ4n) is 5.90. The van der Waals surface area contributed by atoms with Crippen LogP contribution in [-0.2, 0) is 11.3 Å². The van der Waals surface area contributed by atoms with Gasteiger partial charge in [-0.05, 0) is 69.5 Å². The molecule has 2 aromatic heterocycles. The number of benzene rings is 1. The molecule has 8 nitrogen and oxygen atoms in total. The highest BCUT2D eigenvalue weighted by Crippen LogP contribution is 2.56. The molecule has 6 rings (SSSR count). The molecule has 2 aliphatic heterocycles. The van der Waals surface area contributed by atoms with Gasteiger partial charge in [0.1, 0.15) is 29.7 Å². The Hall–Kier alpha value is -3.27. The van der Waals surface area contributed by atoms with Crippen molar-refractivity contribution in [3.8, 4) is 5.69 Å². The lowest BCUT2D eigenvalue weighted by molar-refractivity contribution is -0.00874. The van der Waals surface area contributed by atoms with Crippen molar-refractivity contribution in [3.63, 3.8) is 0 Å². The van der Waals surface area contributed by atoms with Crippen LogP contribution in [0.3, 0.4) is 0 Å². The molecule has 38 heavy (non-hydrogen) atoms. The summed E-state index contributed by atoms with van der Waals surface area (Å²) in [5.74, 6) is 2.15. The number of pyridine rings is 1. The Morgan fingerprint density at radius 2 is 1.92 bits per heavy atom. The molecule has 1 amide bonds. The van der Waals surface area contributed by atoms with E-state index in [0.29, 0.717) is 10.8 Å². The highest BCUT2D eigenvalue weighted by atomic mass is 35.5. The average molecular weight is 543 g/mol. The maximum absolute atomic E-state index is 13.4. The summed E-state index contributed by atoms with van der Waals surface area (Å²) in [4.78, 5) is 21.1. The summed E-state index contributed by atoms with van der Waals surface area (Å²) >= 11 is 6.35. The Labute approximate surface area is 224 Å². The number of fused-ring (bicyclic) bond motifs is 3. The normalized spacial score (nSPS) is 20.3. The lowest BCUT2D eigenvalue weighted by Gasteiger charge is -2.59. The highest BCUT2D eigenvalue weighted by molar-refractivity contribution is 6.30. The molecule has 1 unspecified atom stereocenters. The summed E-state index contributed by atoms with van der Waals surface area (Å²) in [6, 6.07) is 8.28. The fraction of sp³-hybridized carbons (Fsp3) is 0.481. The van der Waals surface area contributed by atoms with Crippen molar-refractivity contribution in [1.82, 2.24) is 24.6 Å². The van der Waals surface area contributed by atoms with Gasteiger partial charge in [-0.25, -0.2) is 18.6 Å². The van der Waals surface area contributed by atoms with Crippen molar-refractivity contribution in [1.29, 1.82) is 0 Å². The number of carbonyl (C=O) groups is 1. The van der Waals surface area contributed by atoms with E-state index >= 15 is 0 Å². The van der Waals surface area contributed by atoms with Crippen LogP contribution in [0, 0.1) is 11.2 Å². The quantitative estimate of drug-likeness (QED) is 0.427. The van der Waals surface area contributed by atoms with E-state index in [1.165, 1.54) is 12.3 Å². The third kappa shape index (κ3) is 4.19. The van der Waals surface area contributed by atoms with Gasteiger partial charge in [-0.15, -0.1) is 10.2 Å². The number of alkyl halides is 1. The number of ether oxygens (including phenoxy) is 1. The van der Waals surface area contributed by atoms with Gasteiger partial charge in [-0.1, -0.05) is 11.6 Å². The maximum Gasteiger partial charge on any atom is 0.411 e. The zero-order chi connectivity index (χ0) is 26.8. The minimum atomic E-state index is -1.24. The summed E-state index contributed by atoms with van der Waals surface area (Å²) in [5.41, 5.74) is 0.660. The number of hydrogen-bond acceptors (Lipinski definition) is 6. The molecule has 11 heteroatoms. The number of rotatable bonds is 4. The number of anilines is 1. The van der Waals surface area contributed by atoms with Crippen molar-refractivity contribution < 1.29 is 18.3 Å². The Kier molecular flexibility index (Phi) is 5.86. The SMILES string of the molecule is CC1c2nnc(C3CC4(C3)CN(c3ccc(F)cn3)C4)n2-c2ccc(Cl)cc2CN1C(=O)OC(C)(C)CF. The van der Waals surface area contributed by atoms with Crippen LogP contribution in [0.1, 0.15) is 62.8 Å². The van der Waals surface area contributed by atoms with E-state index in [2.05, 4.69) is 24.6 Å². The first-order valence-corrected chi connectivity index (χ1v) is 13.1. The largest absolute Gasteiger partial charge is 0.441 e. The lowest BCUT2D eigenvalue weighted by atomic mass is 9.57. The van der Waals surface area contributed by atoms with Crippen molar-refractivity contribution >= 4 is 23.5 Å². The van der Waals surface area contributed by atoms with E-state index in [0.717, 1.165) is 48.8 Å². The average Bonchev–Trinajstić information content (AvgIpc) is 3.21. The zero-order valence-corrected chi connectivity index (χ0v) is 22.3. The summed E-state index contributed by atoms with van der Waals surface area (Å²) in [7, 11) is 0. The molecule has 0 radical (unpaired) electrons. The monoisotopic (exact) mass is 542 g/mol. The smallest absolute Gasteiger partial charge is 0.411 e. The molecular weight excluding hydrogens is 514 g/mol. The van der Waals surface area contributed by atoms with Crippen LogP contribution in [-0.4, -0.2) is 56.1 Å². The summed E-state index contributed by atoms with van der Waals surface area (Å²) in [6.07, 6.45) is 2.54. The van der Waals surface area contributed by atoms with Crippen LogP contribution in [0.25, 0.3) is 5.69 Å². The third-order valence-corrected chi connectivity index (χ3v) is 8.14. The Morgan fingerprint density at radius 1 is 1.18 bits per heavy atom. The van der Waals surface area contributed by atoms with Gasteiger partial charge in [0.2, 0.25) is 0 Å². The molecule has 1 spiro atoms. The number of halogens is 3. The van der Waals surface area contributed by atoms with Gasteiger partial charge in [-0.2, -0.15) is 0 Å². The van der Waals surface area contributed by atoms with Crippen molar-refractivity contribution in [2.24, 2.45) is 5.41 Å². The first-order valence-electron chi connectivity index (χ1n) is 12.7. The molecule has 0 N–H and O–H groups in total. The second kappa shape index (κ2) is 8.90. The number of nitrogens with zero attached hydrogens (tertiary/aromatic N) is 6. The molecule has 0 bridgehead atoms. The van der Waals surface area contributed by atoms with E-state index in [9.17, 15) is 13.6 Å². The third-order valence-electron chi connectivity index (χ3n) is 7.91. The van der Waals surface area contributed by atoms with Gasteiger partial charge in [-0.3, -0.25) is 9.47 Å². The van der Waals surface area contributed by atoms with Gasteiger partial charge in [0, 0.05) is 29.4 Å². The molecule has 4 heterocycles. The lowest BCUT2D eigenvalue weighted by Crippen LogP contribution is -2.62. The van der Waals surface area contributed by atoms with Crippen molar-refractivity contribution in [2.75, 3.05) is 24.7 Å². The van der Waals surface area contributed by atoms with Gasteiger partial charge < -0.3 is 9.64 Å². The second-order valence-electron chi connectivity index (χ2n) is 11.4. The molecule has 1 atom stereocenters. The number of hydrogen-bond donors (Lipinski definition) is 0. The Bertz CT molecular complexity index is 1380. The molecule has 1 saturated heterocycles. The molecule has 1 saturated carbocycles. The number of amides is 1. The van der Waals surface area contributed by atoms with E-state index in [1.807, 2.05) is 25.1 Å². The minimum Gasteiger partial charge on any atom is -0.441 e. The summed E-state index contributed by atoms with van der Waals surface area (Å²) in [5, 5.41) is 9.69. The Morgan fingerprint density at radius 3 is 2.61 bits per heavy atom. The molecule has 200 valence electrons. The van der Waals surface area contributed by atoms with Gasteiger partial charge in [0.25, 0.3) is 0 Å².